The SMILES string of the molecule is Cc1ccc(N2CC[C@]3(CCN(CC(=O)N4CC=C(c5ccc(-c6ncn(C)n6)cc5)CC4)C3)C2=O)cc1C(=N)C12CC(C1)C2. The fraction of sp³-hybridized carbons (Fsp3) is 0.472. The number of aromatic nitrogens is 3. The lowest BCUT2D eigenvalue weighted by Crippen LogP contribution is -2.56. The fourth-order valence-electron chi connectivity index (χ4n) is 8.41. The van der Waals surface area contributed by atoms with Crippen molar-refractivity contribution >= 4 is 28.8 Å². The molecular weight excluding hydrogens is 562 g/mol. The predicted molar refractivity (Wildman–Crippen MR) is 174 cm³/mol. The van der Waals surface area contributed by atoms with Gasteiger partial charge in [0.25, 0.3) is 0 Å². The van der Waals surface area contributed by atoms with Crippen molar-refractivity contribution in [2.45, 2.75) is 45.4 Å². The molecule has 1 N–H and O–H groups in total. The Morgan fingerprint density at radius 1 is 1.02 bits per heavy atom. The first-order chi connectivity index (χ1) is 21.7. The highest BCUT2D eigenvalue weighted by Crippen LogP contribution is 2.65. The van der Waals surface area contributed by atoms with E-state index in [2.05, 4.69) is 64.4 Å². The second-order valence-electron chi connectivity index (χ2n) is 14.2. The van der Waals surface area contributed by atoms with Crippen molar-refractivity contribution in [3.05, 3.63) is 71.6 Å². The highest BCUT2D eigenvalue weighted by atomic mass is 16.2. The first kappa shape index (κ1) is 28.4. The van der Waals surface area contributed by atoms with Crippen LogP contribution in [0.4, 0.5) is 5.69 Å². The summed E-state index contributed by atoms with van der Waals surface area (Å²) < 4.78 is 1.70. The van der Waals surface area contributed by atoms with Gasteiger partial charge in [-0.3, -0.25) is 19.2 Å². The third-order valence-electron chi connectivity index (χ3n) is 11.4. The molecule has 3 saturated carbocycles. The number of amides is 2. The van der Waals surface area contributed by atoms with Gasteiger partial charge in [0, 0.05) is 61.2 Å². The van der Waals surface area contributed by atoms with Crippen molar-refractivity contribution in [3.63, 3.8) is 0 Å². The lowest BCUT2D eigenvalue weighted by atomic mass is 9.42. The number of hydrogen-bond acceptors (Lipinski definition) is 6. The molecule has 1 aromatic heterocycles. The van der Waals surface area contributed by atoms with Crippen LogP contribution in [0.2, 0.25) is 0 Å². The summed E-state index contributed by atoms with van der Waals surface area (Å²) >= 11 is 0. The Labute approximate surface area is 264 Å². The molecule has 2 saturated heterocycles. The van der Waals surface area contributed by atoms with Gasteiger partial charge in [-0.2, -0.15) is 5.10 Å². The van der Waals surface area contributed by atoms with Gasteiger partial charge in [-0.1, -0.05) is 36.4 Å². The fourth-order valence-corrected chi connectivity index (χ4v) is 8.41. The average Bonchev–Trinajstić information content (AvgIpc) is 3.71. The molecule has 45 heavy (non-hydrogen) atoms. The number of rotatable bonds is 7. The van der Waals surface area contributed by atoms with Gasteiger partial charge in [0.2, 0.25) is 11.8 Å². The molecule has 9 nitrogen and oxygen atoms in total. The van der Waals surface area contributed by atoms with E-state index in [-0.39, 0.29) is 17.2 Å². The van der Waals surface area contributed by atoms with E-state index < -0.39 is 5.41 Å². The maximum absolute atomic E-state index is 13.9. The second kappa shape index (κ2) is 10.5. The molecule has 6 aliphatic rings. The van der Waals surface area contributed by atoms with Gasteiger partial charge >= 0.3 is 0 Å². The van der Waals surface area contributed by atoms with Crippen LogP contribution in [-0.4, -0.2) is 81.4 Å². The Hall–Kier alpha value is -4.11. The van der Waals surface area contributed by atoms with Crippen LogP contribution in [0.1, 0.15) is 55.2 Å². The minimum atomic E-state index is -0.418. The zero-order valence-electron chi connectivity index (χ0n) is 26.3. The normalized spacial score (nSPS) is 27.5. The maximum atomic E-state index is 13.9. The Balaban J connectivity index is 0.875. The molecule has 9 heteroatoms. The maximum Gasteiger partial charge on any atom is 0.237 e. The molecule has 2 bridgehead atoms. The minimum Gasteiger partial charge on any atom is -0.338 e. The van der Waals surface area contributed by atoms with Crippen LogP contribution in [0, 0.1) is 29.1 Å². The number of likely N-dealkylation sites (tertiary alicyclic amines) is 1. The van der Waals surface area contributed by atoms with Gasteiger partial charge in [-0.05, 0) is 86.7 Å². The highest BCUT2D eigenvalue weighted by Gasteiger charge is 2.59. The van der Waals surface area contributed by atoms with Crippen LogP contribution in [0.25, 0.3) is 17.0 Å². The van der Waals surface area contributed by atoms with Crippen molar-refractivity contribution in [2.75, 3.05) is 44.2 Å². The first-order valence-corrected chi connectivity index (χ1v) is 16.4. The molecule has 9 rings (SSSR count). The number of aryl methyl sites for hydroxylation is 2. The van der Waals surface area contributed by atoms with Crippen LogP contribution in [0.3, 0.4) is 0 Å². The van der Waals surface area contributed by atoms with Gasteiger partial charge < -0.3 is 15.2 Å². The predicted octanol–water partition coefficient (Wildman–Crippen LogP) is 4.70. The van der Waals surface area contributed by atoms with Gasteiger partial charge in [0.05, 0.1) is 12.0 Å². The number of nitrogens with zero attached hydrogens (tertiary/aromatic N) is 6. The van der Waals surface area contributed by atoms with Gasteiger partial charge in [-0.15, -0.1) is 0 Å². The average molecular weight is 604 g/mol. The number of nitrogens with one attached hydrogen (secondary N) is 1. The standard InChI is InChI=1S/C36H41N7O2/c1-24-3-8-29(17-30(24)32(37)36-18-25(19-36)20-36)43-16-12-35(34(43)45)11-15-41(22-35)21-31(44)42-13-9-27(10-14-42)26-4-6-28(7-5-26)33-38-23-40(2)39-33/h3-9,17,23,25,37H,10-16,18-22H2,1-2H3/t25?,35-,36?/m0/s1. The first-order valence-electron chi connectivity index (χ1n) is 16.4. The van der Waals surface area contributed by atoms with Gasteiger partial charge in [-0.25, -0.2) is 4.98 Å². The zero-order chi connectivity index (χ0) is 30.9. The summed E-state index contributed by atoms with van der Waals surface area (Å²) in [6.45, 7) is 5.85. The molecule has 2 amide bonds. The largest absolute Gasteiger partial charge is 0.338 e. The zero-order valence-corrected chi connectivity index (χ0v) is 26.3. The molecule has 3 aromatic rings. The van der Waals surface area contributed by atoms with Crippen LogP contribution in [0.15, 0.2) is 54.9 Å². The summed E-state index contributed by atoms with van der Waals surface area (Å²) in [5.74, 6) is 1.86. The summed E-state index contributed by atoms with van der Waals surface area (Å²) in [5, 5.41) is 13.3. The number of hydrogen-bond donors (Lipinski definition) is 1. The van der Waals surface area contributed by atoms with Crippen molar-refractivity contribution < 1.29 is 9.59 Å². The second-order valence-corrected chi connectivity index (χ2v) is 14.2. The topological polar surface area (TPSA) is 98.4 Å². The van der Waals surface area contributed by atoms with E-state index in [0.717, 1.165) is 84.9 Å². The summed E-state index contributed by atoms with van der Waals surface area (Å²) in [4.78, 5) is 37.7. The number of carbonyl (C=O) groups is 2. The number of anilines is 1. The van der Waals surface area contributed by atoms with E-state index in [1.54, 1.807) is 11.0 Å². The van der Waals surface area contributed by atoms with E-state index in [1.165, 1.54) is 11.1 Å². The van der Waals surface area contributed by atoms with Crippen molar-refractivity contribution in [2.24, 2.45) is 23.8 Å². The van der Waals surface area contributed by atoms with Crippen LogP contribution < -0.4 is 4.90 Å². The molecule has 2 aromatic carbocycles. The summed E-state index contributed by atoms with van der Waals surface area (Å²) in [5.41, 5.74) is 6.92. The van der Waals surface area contributed by atoms with Crippen molar-refractivity contribution in [1.82, 2.24) is 24.6 Å². The van der Waals surface area contributed by atoms with Crippen LogP contribution in [0.5, 0.6) is 0 Å². The molecule has 0 unspecified atom stereocenters. The van der Waals surface area contributed by atoms with E-state index in [1.807, 2.05) is 22.9 Å². The van der Waals surface area contributed by atoms with Crippen LogP contribution >= 0.6 is 0 Å². The van der Waals surface area contributed by atoms with E-state index >= 15 is 0 Å². The monoisotopic (exact) mass is 603 g/mol. The molecule has 232 valence electrons. The molecule has 3 aliphatic heterocycles. The van der Waals surface area contributed by atoms with E-state index in [0.29, 0.717) is 32.7 Å². The molecule has 1 spiro atoms. The molecular formula is C36H41N7O2. The third-order valence-corrected chi connectivity index (χ3v) is 11.4. The summed E-state index contributed by atoms with van der Waals surface area (Å²) in [6, 6.07) is 14.5. The lowest BCUT2D eigenvalue weighted by Gasteiger charge is -2.62. The molecule has 3 aliphatic carbocycles. The quantitative estimate of drug-likeness (QED) is 0.395. The van der Waals surface area contributed by atoms with E-state index in [4.69, 9.17) is 5.41 Å². The molecule has 0 radical (unpaired) electrons. The summed E-state index contributed by atoms with van der Waals surface area (Å²) in [6.07, 6.45) is 9.77. The van der Waals surface area contributed by atoms with Crippen LogP contribution in [-0.2, 0) is 16.6 Å². The Bertz CT molecular complexity index is 1720. The molecule has 4 heterocycles. The third kappa shape index (κ3) is 4.74. The van der Waals surface area contributed by atoms with Gasteiger partial charge in [0.1, 0.15) is 6.33 Å². The number of carbonyl (C=O) groups excluding carboxylic acids is 2. The van der Waals surface area contributed by atoms with E-state index in [9.17, 15) is 9.59 Å². The lowest BCUT2D eigenvalue weighted by molar-refractivity contribution is -0.132. The smallest absolute Gasteiger partial charge is 0.237 e. The van der Waals surface area contributed by atoms with Crippen molar-refractivity contribution in [3.8, 4) is 11.4 Å². The summed E-state index contributed by atoms with van der Waals surface area (Å²) in [7, 11) is 1.86. The Morgan fingerprint density at radius 3 is 2.44 bits per heavy atom. The molecule has 1 atom stereocenters. The Kier molecular flexibility index (Phi) is 6.60. The van der Waals surface area contributed by atoms with Crippen molar-refractivity contribution in [1.29, 1.82) is 5.41 Å². The minimum absolute atomic E-state index is 0.0957. The number of benzene rings is 2. The van der Waals surface area contributed by atoms with Gasteiger partial charge in [0.15, 0.2) is 5.82 Å². The highest BCUT2D eigenvalue weighted by molar-refractivity contribution is 6.07. The Morgan fingerprint density at radius 2 is 1.78 bits per heavy atom. The molecule has 5 fully saturated rings.